The minimum Gasteiger partial charge on any atom is -0.411 e. The van der Waals surface area contributed by atoms with Gasteiger partial charge in [0.05, 0.1) is 0 Å². The van der Waals surface area contributed by atoms with E-state index in [0.717, 1.165) is 12.8 Å². The van der Waals surface area contributed by atoms with Crippen LogP contribution in [0.5, 0.6) is 0 Å². The highest BCUT2D eigenvalue weighted by Crippen LogP contribution is 2.53. The highest BCUT2D eigenvalue weighted by Gasteiger charge is 2.41. The number of hydrogen-bond acceptors (Lipinski definition) is 2. The van der Waals surface area contributed by atoms with Gasteiger partial charge in [0.15, 0.2) is 0 Å². The maximum atomic E-state index is 8.48. The van der Waals surface area contributed by atoms with E-state index in [1.54, 1.807) is 0 Å². The Morgan fingerprint density at radius 1 is 0.923 bits per heavy atom. The van der Waals surface area contributed by atoms with E-state index in [0.29, 0.717) is 0 Å². The molecular weight excluding hydrogens is 318 g/mol. The van der Waals surface area contributed by atoms with Gasteiger partial charge < -0.3 is 5.21 Å². The van der Waals surface area contributed by atoms with Crippen LogP contribution in [-0.2, 0) is 5.41 Å². The molecule has 0 spiro atoms. The Balaban J connectivity index is 2.02. The van der Waals surface area contributed by atoms with Crippen LogP contribution in [-0.4, -0.2) is 11.4 Å². The summed E-state index contributed by atoms with van der Waals surface area (Å²) < 4.78 is 0. The molecule has 1 aliphatic rings. The molecule has 0 atom stereocenters. The molecule has 26 heavy (non-hydrogen) atoms. The highest BCUT2D eigenvalue weighted by atomic mass is 16.4. The summed E-state index contributed by atoms with van der Waals surface area (Å²) in [4.78, 5) is 0. The monoisotopic (exact) mass is 347 g/mol. The number of rotatable bonds is 8. The molecule has 0 saturated carbocycles. The molecule has 0 bridgehead atoms. The van der Waals surface area contributed by atoms with Gasteiger partial charge in [0.25, 0.3) is 0 Å². The van der Waals surface area contributed by atoms with Crippen molar-refractivity contribution in [2.75, 3.05) is 0 Å². The maximum Gasteiger partial charge on any atom is 0.0439 e. The van der Waals surface area contributed by atoms with Crippen molar-refractivity contribution < 1.29 is 5.21 Å². The third kappa shape index (κ3) is 3.33. The van der Waals surface area contributed by atoms with Gasteiger partial charge in [-0.15, -0.1) is 5.16 Å². The number of oxime groups is 1. The van der Waals surface area contributed by atoms with Crippen LogP contribution in [0.15, 0.2) is 53.7 Å². The number of benzene rings is 2. The molecule has 0 unspecified atom stereocenters. The van der Waals surface area contributed by atoms with Gasteiger partial charge in [0.2, 0.25) is 0 Å². The molecule has 136 valence electrons. The lowest BCUT2D eigenvalue weighted by Gasteiger charge is -2.32. The molecule has 2 heteroatoms. The Morgan fingerprint density at radius 3 is 2.38 bits per heavy atom. The van der Waals surface area contributed by atoms with E-state index in [1.807, 2.05) is 0 Å². The predicted octanol–water partition coefficient (Wildman–Crippen LogP) is 6.81. The minimum atomic E-state index is 0.156. The normalized spacial score (nSPS) is 14.8. The van der Waals surface area contributed by atoms with E-state index in [1.165, 1.54) is 59.7 Å². The number of allylic oxidation sites excluding steroid dienone is 1. The van der Waals surface area contributed by atoms with Crippen LogP contribution in [0.4, 0.5) is 0 Å². The van der Waals surface area contributed by atoms with E-state index < -0.39 is 0 Å². The topological polar surface area (TPSA) is 32.6 Å². The number of hydrogen-bond donors (Lipinski definition) is 1. The van der Waals surface area contributed by atoms with Crippen LogP contribution < -0.4 is 0 Å². The molecule has 0 saturated heterocycles. The second-order valence-corrected chi connectivity index (χ2v) is 7.21. The molecule has 0 radical (unpaired) electrons. The lowest BCUT2D eigenvalue weighted by Crippen LogP contribution is -2.25. The fraction of sp³-hybridized carbons (Fsp3) is 0.375. The van der Waals surface area contributed by atoms with E-state index in [9.17, 15) is 0 Å². The van der Waals surface area contributed by atoms with Gasteiger partial charge in [-0.2, -0.15) is 0 Å². The quantitative estimate of drug-likeness (QED) is 0.242. The van der Waals surface area contributed by atoms with Crippen molar-refractivity contribution in [1.82, 2.24) is 0 Å². The summed E-state index contributed by atoms with van der Waals surface area (Å²) in [7, 11) is 0. The summed E-state index contributed by atoms with van der Waals surface area (Å²) >= 11 is 0. The van der Waals surface area contributed by atoms with Crippen molar-refractivity contribution in [2.45, 2.75) is 57.8 Å². The summed E-state index contributed by atoms with van der Waals surface area (Å²) in [5.74, 6) is 0. The second kappa shape index (κ2) is 8.35. The van der Waals surface area contributed by atoms with Crippen LogP contribution in [0.3, 0.4) is 0 Å². The zero-order valence-corrected chi connectivity index (χ0v) is 15.9. The Labute approximate surface area is 157 Å². The largest absolute Gasteiger partial charge is 0.411 e. The molecule has 2 aromatic rings. The molecule has 2 nitrogen and oxygen atoms in total. The smallest absolute Gasteiger partial charge is 0.0439 e. The summed E-state index contributed by atoms with van der Waals surface area (Å²) in [6.07, 6.45) is 12.3. The van der Waals surface area contributed by atoms with Crippen LogP contribution in [0.25, 0.3) is 17.2 Å². The van der Waals surface area contributed by atoms with Crippen molar-refractivity contribution >= 4 is 12.3 Å². The first-order valence-corrected chi connectivity index (χ1v) is 9.83. The molecule has 0 aliphatic heterocycles. The first-order valence-electron chi connectivity index (χ1n) is 9.83. The summed E-state index contributed by atoms with van der Waals surface area (Å²) in [5, 5.41) is 11.5. The molecule has 0 heterocycles. The lowest BCUT2D eigenvalue weighted by atomic mass is 9.71. The fourth-order valence-electron chi connectivity index (χ4n) is 4.54. The van der Waals surface area contributed by atoms with Gasteiger partial charge in [-0.1, -0.05) is 81.3 Å². The van der Waals surface area contributed by atoms with Crippen molar-refractivity contribution in [3.05, 3.63) is 65.2 Å². The minimum absolute atomic E-state index is 0.156. The Kier molecular flexibility index (Phi) is 5.92. The third-order valence-electron chi connectivity index (χ3n) is 5.50. The molecule has 1 aliphatic carbocycles. The van der Waals surface area contributed by atoms with Gasteiger partial charge in [-0.05, 0) is 53.5 Å². The third-order valence-corrected chi connectivity index (χ3v) is 5.50. The Bertz CT molecular complexity index is 798. The van der Waals surface area contributed by atoms with Crippen molar-refractivity contribution in [3.8, 4) is 11.1 Å². The highest BCUT2D eigenvalue weighted by molar-refractivity contribution is 5.82. The molecule has 0 aromatic heterocycles. The first kappa shape index (κ1) is 18.4. The van der Waals surface area contributed by atoms with Crippen LogP contribution in [0.2, 0.25) is 0 Å². The van der Waals surface area contributed by atoms with Crippen molar-refractivity contribution in [1.29, 1.82) is 0 Å². The second-order valence-electron chi connectivity index (χ2n) is 7.21. The summed E-state index contributed by atoms with van der Waals surface area (Å²) in [6.45, 7) is 4.59. The van der Waals surface area contributed by atoms with Gasteiger partial charge in [0, 0.05) is 11.6 Å². The maximum absolute atomic E-state index is 8.48. The average Bonchev–Trinajstić information content (AvgIpc) is 2.92. The fourth-order valence-corrected chi connectivity index (χ4v) is 4.54. The van der Waals surface area contributed by atoms with E-state index in [2.05, 4.69) is 73.6 Å². The zero-order chi connectivity index (χ0) is 18.4. The van der Waals surface area contributed by atoms with Gasteiger partial charge in [-0.25, -0.2) is 0 Å². The Morgan fingerprint density at radius 2 is 1.65 bits per heavy atom. The zero-order valence-electron chi connectivity index (χ0n) is 15.9. The predicted molar refractivity (Wildman–Crippen MR) is 111 cm³/mol. The van der Waals surface area contributed by atoms with Gasteiger partial charge >= 0.3 is 0 Å². The lowest BCUT2D eigenvalue weighted by molar-refractivity contribution is 0.320. The first-order chi connectivity index (χ1) is 12.8. The molecule has 3 rings (SSSR count). The molecular formula is C24H29NO. The van der Waals surface area contributed by atoms with E-state index in [-0.39, 0.29) is 5.41 Å². The number of fused-ring (bicyclic) bond motifs is 3. The van der Waals surface area contributed by atoms with Crippen LogP contribution >= 0.6 is 0 Å². The molecule has 2 aromatic carbocycles. The summed E-state index contributed by atoms with van der Waals surface area (Å²) in [6, 6.07) is 15.9. The van der Waals surface area contributed by atoms with Crippen molar-refractivity contribution in [3.63, 3.8) is 0 Å². The van der Waals surface area contributed by atoms with Crippen molar-refractivity contribution in [2.24, 2.45) is 5.16 Å². The van der Waals surface area contributed by atoms with Crippen LogP contribution in [0, 0.1) is 0 Å². The van der Waals surface area contributed by atoms with E-state index >= 15 is 0 Å². The number of nitrogens with zero attached hydrogens (tertiary/aromatic N) is 1. The number of unbranched alkanes of at least 4 members (excludes halogenated alkanes) is 1. The average molecular weight is 348 g/mol. The van der Waals surface area contributed by atoms with E-state index in [4.69, 9.17) is 5.21 Å². The Hall–Kier alpha value is -2.35. The molecule has 0 amide bonds. The summed E-state index contributed by atoms with van der Waals surface area (Å²) in [5.41, 5.74) is 7.25. The molecule has 1 N–H and O–H groups in total. The molecule has 0 fully saturated rings. The van der Waals surface area contributed by atoms with Gasteiger partial charge in [0.1, 0.15) is 0 Å². The van der Waals surface area contributed by atoms with Gasteiger partial charge in [-0.3, -0.25) is 0 Å². The standard InChI is InChI=1S/C24H29NO/c1-3-15-24(16-4-2)22-12-8-7-11-20(22)21-14-13-19(18-23(21)24)10-6-5-9-17-25-26/h6-8,10-14,17-18,26H,3-5,9,15-16H2,1-2H3. The van der Waals surface area contributed by atoms with Crippen LogP contribution in [0.1, 0.15) is 69.1 Å². The SMILES string of the molecule is CCCC1(CCC)c2ccccc2-c2ccc(C=CCCC=NO)cc21.